The van der Waals surface area contributed by atoms with Gasteiger partial charge < -0.3 is 19.3 Å². The van der Waals surface area contributed by atoms with Crippen molar-refractivity contribution in [1.29, 1.82) is 0 Å². The van der Waals surface area contributed by atoms with E-state index in [2.05, 4.69) is 4.98 Å². The average Bonchev–Trinajstić information content (AvgIpc) is 2.83. The Morgan fingerprint density at radius 2 is 1.90 bits per heavy atom. The van der Waals surface area contributed by atoms with Gasteiger partial charge in [0.05, 0.1) is 12.2 Å². The molecule has 4 atom stereocenters. The van der Waals surface area contributed by atoms with Gasteiger partial charge in [-0.25, -0.2) is 4.79 Å². The largest absolute Gasteiger partial charge is 0.456 e. The first-order valence-corrected chi connectivity index (χ1v) is 12.6. The molecule has 2 rings (SSSR count). The van der Waals surface area contributed by atoms with Crippen LogP contribution in [-0.2, 0) is 29.1 Å². The smallest absolute Gasteiger partial charge is 0.330 e. The number of esters is 1. The summed E-state index contributed by atoms with van der Waals surface area (Å²) in [5.41, 5.74) is -4.42. The number of rotatable bonds is 6. The fraction of sp³-hybridized carbons (Fsp3) is 0.684. The minimum Gasteiger partial charge on any atom is -0.456 e. The number of ether oxygens (including phenoxy) is 3. The van der Waals surface area contributed by atoms with E-state index in [-0.39, 0.29) is 6.61 Å². The lowest BCUT2D eigenvalue weighted by molar-refractivity contribution is -0.178. The van der Waals surface area contributed by atoms with Gasteiger partial charge in [0.2, 0.25) is 5.60 Å². The van der Waals surface area contributed by atoms with Crippen LogP contribution >= 0.6 is 0 Å². The first-order chi connectivity index (χ1) is 13.7. The van der Waals surface area contributed by atoms with Crippen LogP contribution in [0.1, 0.15) is 34.6 Å². The van der Waals surface area contributed by atoms with Gasteiger partial charge in [-0.3, -0.25) is 23.9 Å². The SMILES string of the molecule is CC(=O)O[C@@H]1[C@@H](COC(C)(C)C)O[C@](n2ccc(=O)[nH]c2=O)([SiH](C)C)[C@@]1(O)C(C)=O. The van der Waals surface area contributed by atoms with Crippen LogP contribution in [0, 0.1) is 0 Å². The molecular formula is C19H30N2O8Si. The molecule has 1 aliphatic heterocycles. The normalized spacial score (nSPS) is 29.2. The van der Waals surface area contributed by atoms with Crippen LogP contribution in [0.5, 0.6) is 0 Å². The summed E-state index contributed by atoms with van der Waals surface area (Å²) in [6, 6.07) is 1.10. The summed E-state index contributed by atoms with van der Waals surface area (Å²) in [5, 5.41) is 9.95. The van der Waals surface area contributed by atoms with Crippen LogP contribution in [0.4, 0.5) is 0 Å². The second-order valence-electron chi connectivity index (χ2n) is 8.76. The van der Waals surface area contributed by atoms with Crippen molar-refractivity contribution in [2.24, 2.45) is 0 Å². The standard InChI is InChI=1S/C19H30N2O8Si/c1-11(22)18(26)15(28-12(2)23)13(10-27-17(3,4)5)29-19(18,30(6)7)21-9-8-14(24)20-16(21)25/h8-9,13,15,26,30H,10H2,1-7H3,(H,20,24,25)/t13-,15-,18-,19+/m1/s1. The Bertz CT molecular complexity index is 933. The number of aliphatic hydroxyl groups is 1. The second kappa shape index (κ2) is 8.21. The van der Waals surface area contributed by atoms with E-state index >= 15 is 0 Å². The Kier molecular flexibility index (Phi) is 6.62. The van der Waals surface area contributed by atoms with Crippen molar-refractivity contribution < 1.29 is 28.9 Å². The van der Waals surface area contributed by atoms with Gasteiger partial charge in [0.25, 0.3) is 5.56 Å². The van der Waals surface area contributed by atoms with E-state index in [1.807, 2.05) is 20.8 Å². The van der Waals surface area contributed by atoms with Gasteiger partial charge in [-0.15, -0.1) is 0 Å². The summed E-state index contributed by atoms with van der Waals surface area (Å²) in [6.45, 7) is 11.2. The fourth-order valence-electron chi connectivity index (χ4n) is 3.87. The number of H-pyrrole nitrogens is 1. The first kappa shape index (κ1) is 24.2. The van der Waals surface area contributed by atoms with Gasteiger partial charge in [0, 0.05) is 19.2 Å². The number of carbonyl (C=O) groups is 2. The zero-order valence-corrected chi connectivity index (χ0v) is 19.5. The molecule has 30 heavy (non-hydrogen) atoms. The predicted octanol–water partition coefficient (Wildman–Crippen LogP) is -0.319. The molecule has 11 heteroatoms. The lowest BCUT2D eigenvalue weighted by Gasteiger charge is -2.43. The number of carbonyl (C=O) groups excluding carboxylic acids is 2. The Balaban J connectivity index is 2.78. The number of aromatic nitrogens is 2. The molecule has 10 nitrogen and oxygen atoms in total. The average molecular weight is 443 g/mol. The molecule has 0 unspecified atom stereocenters. The summed E-state index contributed by atoms with van der Waals surface area (Å²) in [5.74, 6) is -1.45. The number of nitrogens with zero attached hydrogens (tertiary/aromatic N) is 1. The Hall–Kier alpha value is -2.08. The quantitative estimate of drug-likeness (QED) is 0.452. The summed E-state index contributed by atoms with van der Waals surface area (Å²) in [7, 11) is -2.30. The minimum absolute atomic E-state index is 0.0992. The third kappa shape index (κ3) is 4.06. The molecule has 2 N–H and O–H groups in total. The molecule has 0 amide bonds. The van der Waals surface area contributed by atoms with Gasteiger partial charge in [0.15, 0.2) is 17.2 Å². The number of aromatic amines is 1. The zero-order valence-electron chi connectivity index (χ0n) is 18.3. The van der Waals surface area contributed by atoms with E-state index in [1.165, 1.54) is 6.20 Å². The molecule has 1 aromatic rings. The number of ketones is 1. The molecule has 0 spiro atoms. The van der Waals surface area contributed by atoms with E-state index in [1.54, 1.807) is 13.1 Å². The third-order valence-electron chi connectivity index (χ3n) is 5.10. The lowest BCUT2D eigenvalue weighted by atomic mass is 9.89. The van der Waals surface area contributed by atoms with Crippen molar-refractivity contribution in [1.82, 2.24) is 9.55 Å². The van der Waals surface area contributed by atoms with Crippen molar-refractivity contribution in [2.45, 2.75) is 76.5 Å². The highest BCUT2D eigenvalue weighted by Gasteiger charge is 2.72. The van der Waals surface area contributed by atoms with Crippen molar-refractivity contribution in [3.8, 4) is 0 Å². The summed E-state index contributed by atoms with van der Waals surface area (Å²) < 4.78 is 18.4. The summed E-state index contributed by atoms with van der Waals surface area (Å²) >= 11 is 0. The van der Waals surface area contributed by atoms with Crippen molar-refractivity contribution >= 4 is 20.5 Å². The maximum Gasteiger partial charge on any atom is 0.330 e. The Morgan fingerprint density at radius 3 is 2.33 bits per heavy atom. The first-order valence-electron chi connectivity index (χ1n) is 9.71. The maximum atomic E-state index is 12.9. The highest BCUT2D eigenvalue weighted by molar-refractivity contribution is 6.59. The summed E-state index contributed by atoms with van der Waals surface area (Å²) in [6.07, 6.45) is -1.26. The molecule has 168 valence electrons. The molecule has 1 aromatic heterocycles. The molecule has 2 heterocycles. The number of nitrogens with one attached hydrogen (secondary N) is 1. The molecule has 0 bridgehead atoms. The van der Waals surface area contributed by atoms with Crippen LogP contribution in [0.15, 0.2) is 21.9 Å². The predicted molar refractivity (Wildman–Crippen MR) is 110 cm³/mol. The van der Waals surface area contributed by atoms with Crippen LogP contribution in [0.25, 0.3) is 0 Å². The lowest BCUT2D eigenvalue weighted by Crippen LogP contribution is -2.69. The Labute approximate surface area is 175 Å². The second-order valence-corrected chi connectivity index (χ2v) is 11.9. The molecule has 1 saturated heterocycles. The van der Waals surface area contributed by atoms with E-state index in [9.17, 15) is 24.3 Å². The van der Waals surface area contributed by atoms with Crippen LogP contribution in [-0.4, -0.2) is 65.2 Å². The number of Topliss-reactive ketones (excluding diaryl/α,β-unsaturated/α-hetero) is 1. The van der Waals surface area contributed by atoms with E-state index in [0.717, 1.165) is 24.5 Å². The van der Waals surface area contributed by atoms with Gasteiger partial charge in [-0.1, -0.05) is 13.1 Å². The molecule has 0 radical (unpaired) electrons. The molecule has 1 aliphatic rings. The van der Waals surface area contributed by atoms with Crippen LogP contribution < -0.4 is 11.2 Å². The third-order valence-corrected chi connectivity index (χ3v) is 7.52. The van der Waals surface area contributed by atoms with Crippen molar-refractivity contribution in [3.05, 3.63) is 33.1 Å². The number of hydrogen-bond acceptors (Lipinski definition) is 8. The minimum atomic E-state index is -2.37. The van der Waals surface area contributed by atoms with Crippen LogP contribution in [0.2, 0.25) is 13.1 Å². The van der Waals surface area contributed by atoms with E-state index in [4.69, 9.17) is 14.2 Å². The highest BCUT2D eigenvalue weighted by Crippen LogP contribution is 2.47. The van der Waals surface area contributed by atoms with E-state index in [0.29, 0.717) is 0 Å². The highest BCUT2D eigenvalue weighted by atomic mass is 28.3. The topological polar surface area (TPSA) is 137 Å². The van der Waals surface area contributed by atoms with Gasteiger partial charge in [-0.2, -0.15) is 0 Å². The molecule has 0 aliphatic carbocycles. The van der Waals surface area contributed by atoms with Gasteiger partial charge in [-0.05, 0) is 27.7 Å². The molecular weight excluding hydrogens is 412 g/mol. The molecule has 0 saturated carbocycles. The zero-order chi connectivity index (χ0) is 23.1. The van der Waals surface area contributed by atoms with Crippen molar-refractivity contribution in [3.63, 3.8) is 0 Å². The summed E-state index contributed by atoms with van der Waals surface area (Å²) in [4.78, 5) is 51.1. The Morgan fingerprint density at radius 1 is 1.30 bits per heavy atom. The monoisotopic (exact) mass is 442 g/mol. The number of hydrogen-bond donors (Lipinski definition) is 2. The fourth-order valence-corrected chi connectivity index (χ4v) is 6.33. The van der Waals surface area contributed by atoms with Gasteiger partial charge in [0.1, 0.15) is 14.9 Å². The van der Waals surface area contributed by atoms with Gasteiger partial charge >= 0.3 is 11.7 Å². The van der Waals surface area contributed by atoms with Crippen molar-refractivity contribution in [2.75, 3.05) is 6.61 Å². The van der Waals surface area contributed by atoms with Crippen LogP contribution in [0.3, 0.4) is 0 Å². The maximum absolute atomic E-state index is 12.9. The molecule has 0 aromatic carbocycles. The molecule has 1 fully saturated rings. The van der Waals surface area contributed by atoms with E-state index < -0.39 is 60.6 Å².